The maximum atomic E-state index is 12.5. The van der Waals surface area contributed by atoms with Crippen molar-refractivity contribution in [3.8, 4) is 5.75 Å². The first kappa shape index (κ1) is 18.3. The summed E-state index contributed by atoms with van der Waals surface area (Å²) in [6.45, 7) is 0. The molecule has 0 aliphatic carbocycles. The lowest BCUT2D eigenvalue weighted by atomic mass is 10.3. The lowest BCUT2D eigenvalue weighted by Crippen LogP contribution is -2.20. The Morgan fingerprint density at radius 1 is 0.815 bits per heavy atom. The van der Waals surface area contributed by atoms with Gasteiger partial charge < -0.3 is 20.6 Å². The summed E-state index contributed by atoms with van der Waals surface area (Å²) in [5, 5.41) is 5.23. The number of carbonyl (C=O) groups excluding carboxylic acids is 1. The predicted octanol–water partition coefficient (Wildman–Crippen LogP) is 3.68. The van der Waals surface area contributed by atoms with Crippen LogP contribution in [0.4, 0.5) is 21.9 Å². The van der Waals surface area contributed by atoms with E-state index in [9.17, 15) is 13.2 Å². The second-order valence-corrected chi connectivity index (χ2v) is 7.09. The summed E-state index contributed by atoms with van der Waals surface area (Å²) in [6, 6.07) is 20.2. The van der Waals surface area contributed by atoms with Crippen LogP contribution in [0.2, 0.25) is 0 Å². The third-order valence-corrected chi connectivity index (χ3v) is 4.78. The van der Waals surface area contributed by atoms with Crippen molar-refractivity contribution >= 4 is 33.2 Å². The molecule has 3 aromatic carbocycles. The Morgan fingerprint density at radius 3 is 2.15 bits per heavy atom. The Bertz CT molecular complexity index is 1040. The molecule has 7 nitrogen and oxygen atoms in total. The molecular weight excluding hydrogens is 366 g/mol. The number of nitrogens with one attached hydrogen (secondary N) is 2. The van der Waals surface area contributed by atoms with Crippen LogP contribution in [0.3, 0.4) is 0 Å². The smallest absolute Gasteiger partial charge is 0.339 e. The SMILES string of the molecule is Nc1ccc(S(=O)(=O)Oc2ccccc2NC(=O)Nc2ccccc2)cc1. The minimum atomic E-state index is -4.07. The van der Waals surface area contributed by atoms with Crippen molar-refractivity contribution < 1.29 is 17.4 Å². The van der Waals surface area contributed by atoms with Gasteiger partial charge in [0.1, 0.15) is 4.90 Å². The minimum absolute atomic E-state index is 0.00228. The third kappa shape index (κ3) is 4.77. The van der Waals surface area contributed by atoms with E-state index in [2.05, 4.69) is 10.6 Å². The van der Waals surface area contributed by atoms with Gasteiger partial charge in [0.2, 0.25) is 0 Å². The zero-order valence-electron chi connectivity index (χ0n) is 14.1. The van der Waals surface area contributed by atoms with Crippen LogP contribution in [0, 0.1) is 0 Å². The van der Waals surface area contributed by atoms with Crippen LogP contribution in [0.5, 0.6) is 5.75 Å². The second-order valence-electron chi connectivity index (χ2n) is 5.55. The molecule has 0 bridgehead atoms. The van der Waals surface area contributed by atoms with Gasteiger partial charge in [-0.25, -0.2) is 4.79 Å². The van der Waals surface area contributed by atoms with Crippen molar-refractivity contribution in [1.82, 2.24) is 0 Å². The van der Waals surface area contributed by atoms with E-state index in [1.807, 2.05) is 6.07 Å². The number of benzene rings is 3. The molecule has 138 valence electrons. The summed E-state index contributed by atoms with van der Waals surface area (Å²) in [5.74, 6) is -0.00228. The van der Waals surface area contributed by atoms with E-state index in [0.717, 1.165) is 0 Å². The fourth-order valence-corrected chi connectivity index (χ4v) is 3.20. The van der Waals surface area contributed by atoms with E-state index in [-0.39, 0.29) is 16.3 Å². The van der Waals surface area contributed by atoms with Crippen LogP contribution < -0.4 is 20.6 Å². The van der Waals surface area contributed by atoms with Crippen LogP contribution in [0.1, 0.15) is 0 Å². The molecule has 0 aliphatic rings. The lowest BCUT2D eigenvalue weighted by Gasteiger charge is -2.13. The van der Waals surface area contributed by atoms with E-state index in [0.29, 0.717) is 11.4 Å². The van der Waals surface area contributed by atoms with Gasteiger partial charge in [-0.15, -0.1) is 0 Å². The number of hydrogen-bond acceptors (Lipinski definition) is 5. The molecule has 0 aromatic heterocycles. The van der Waals surface area contributed by atoms with E-state index in [1.54, 1.807) is 42.5 Å². The first-order valence-electron chi connectivity index (χ1n) is 7.96. The van der Waals surface area contributed by atoms with Gasteiger partial charge in [-0.05, 0) is 48.5 Å². The fraction of sp³-hybridized carbons (Fsp3) is 0. The highest BCUT2D eigenvalue weighted by Crippen LogP contribution is 2.27. The average molecular weight is 383 g/mol. The molecule has 0 saturated heterocycles. The number of carbonyl (C=O) groups is 1. The van der Waals surface area contributed by atoms with E-state index in [1.165, 1.54) is 30.3 Å². The Balaban J connectivity index is 1.77. The molecule has 3 aromatic rings. The van der Waals surface area contributed by atoms with Crippen molar-refractivity contribution in [3.63, 3.8) is 0 Å². The molecule has 3 rings (SSSR count). The van der Waals surface area contributed by atoms with Gasteiger partial charge in [-0.3, -0.25) is 0 Å². The number of hydrogen-bond donors (Lipinski definition) is 3. The van der Waals surface area contributed by atoms with Crippen LogP contribution in [0.25, 0.3) is 0 Å². The first-order chi connectivity index (χ1) is 12.9. The largest absolute Gasteiger partial charge is 0.399 e. The average Bonchev–Trinajstić information content (AvgIpc) is 2.64. The van der Waals surface area contributed by atoms with Crippen LogP contribution in [0.15, 0.2) is 83.8 Å². The third-order valence-electron chi connectivity index (χ3n) is 3.54. The standard InChI is InChI=1S/C19H17N3O4S/c20-14-10-12-16(13-11-14)27(24,25)26-18-9-5-4-8-17(18)22-19(23)21-15-6-2-1-3-7-15/h1-13H,20H2,(H2,21,22,23). The Labute approximate surface area is 156 Å². The normalized spacial score (nSPS) is 10.8. The van der Waals surface area contributed by atoms with Crippen molar-refractivity contribution in [1.29, 1.82) is 0 Å². The van der Waals surface area contributed by atoms with Gasteiger partial charge >= 0.3 is 16.1 Å². The van der Waals surface area contributed by atoms with E-state index in [4.69, 9.17) is 9.92 Å². The second kappa shape index (κ2) is 7.79. The van der Waals surface area contributed by atoms with E-state index >= 15 is 0 Å². The maximum Gasteiger partial charge on any atom is 0.339 e. The Hall–Kier alpha value is -3.52. The molecule has 0 saturated carbocycles. The molecule has 27 heavy (non-hydrogen) atoms. The number of amides is 2. The topological polar surface area (TPSA) is 111 Å². The highest BCUT2D eigenvalue weighted by atomic mass is 32.2. The van der Waals surface area contributed by atoms with Gasteiger partial charge in [0.15, 0.2) is 5.75 Å². The van der Waals surface area contributed by atoms with Crippen LogP contribution in [-0.4, -0.2) is 14.4 Å². The minimum Gasteiger partial charge on any atom is -0.399 e. The summed E-state index contributed by atoms with van der Waals surface area (Å²) in [5.41, 5.74) is 6.83. The van der Waals surface area contributed by atoms with Crippen LogP contribution in [-0.2, 0) is 10.1 Å². The molecule has 0 radical (unpaired) electrons. The van der Waals surface area contributed by atoms with Crippen LogP contribution >= 0.6 is 0 Å². The summed E-state index contributed by atoms with van der Waals surface area (Å²) in [7, 11) is -4.07. The molecule has 0 atom stereocenters. The molecule has 0 fully saturated rings. The number of anilines is 3. The van der Waals surface area contributed by atoms with Crippen molar-refractivity contribution in [2.24, 2.45) is 0 Å². The number of rotatable bonds is 5. The molecule has 0 aliphatic heterocycles. The number of urea groups is 1. The highest BCUT2D eigenvalue weighted by Gasteiger charge is 2.19. The fourth-order valence-electron chi connectivity index (χ4n) is 2.25. The molecule has 0 spiro atoms. The molecule has 8 heteroatoms. The molecular formula is C19H17N3O4S. The molecule has 0 heterocycles. The highest BCUT2D eigenvalue weighted by molar-refractivity contribution is 7.87. The van der Waals surface area contributed by atoms with Gasteiger partial charge in [0.25, 0.3) is 0 Å². The first-order valence-corrected chi connectivity index (χ1v) is 9.37. The molecule has 4 N–H and O–H groups in total. The monoisotopic (exact) mass is 383 g/mol. The molecule has 2 amide bonds. The zero-order valence-corrected chi connectivity index (χ0v) is 14.9. The van der Waals surface area contributed by atoms with Crippen molar-refractivity contribution in [2.75, 3.05) is 16.4 Å². The van der Waals surface area contributed by atoms with Gasteiger partial charge in [-0.2, -0.15) is 8.42 Å². The quantitative estimate of drug-likeness (QED) is 0.460. The Kier molecular flexibility index (Phi) is 5.28. The summed E-state index contributed by atoms with van der Waals surface area (Å²) in [6.07, 6.45) is 0. The summed E-state index contributed by atoms with van der Waals surface area (Å²) >= 11 is 0. The maximum absolute atomic E-state index is 12.5. The van der Waals surface area contributed by atoms with E-state index < -0.39 is 16.1 Å². The van der Waals surface area contributed by atoms with Crippen molar-refractivity contribution in [3.05, 3.63) is 78.9 Å². The van der Waals surface area contributed by atoms with Crippen molar-refractivity contribution in [2.45, 2.75) is 4.90 Å². The number of nitrogen functional groups attached to an aromatic ring is 1. The molecule has 0 unspecified atom stereocenters. The summed E-state index contributed by atoms with van der Waals surface area (Å²) in [4.78, 5) is 12.1. The predicted molar refractivity (Wildman–Crippen MR) is 104 cm³/mol. The van der Waals surface area contributed by atoms with Gasteiger partial charge in [0, 0.05) is 11.4 Å². The summed E-state index contributed by atoms with van der Waals surface area (Å²) < 4.78 is 30.1. The Morgan fingerprint density at radius 2 is 1.44 bits per heavy atom. The number of para-hydroxylation sites is 3. The zero-order chi connectivity index (χ0) is 19.3. The van der Waals surface area contributed by atoms with Gasteiger partial charge in [-0.1, -0.05) is 30.3 Å². The number of nitrogens with two attached hydrogens (primary N) is 1. The lowest BCUT2D eigenvalue weighted by molar-refractivity contribution is 0.262. The van der Waals surface area contributed by atoms with Gasteiger partial charge in [0.05, 0.1) is 5.69 Å².